The molecule has 0 heterocycles. The van der Waals surface area contributed by atoms with Gasteiger partial charge < -0.3 is 15.3 Å². The molecule has 0 saturated heterocycles. The summed E-state index contributed by atoms with van der Waals surface area (Å²) < 4.78 is 0. The van der Waals surface area contributed by atoms with Crippen molar-refractivity contribution < 1.29 is 24.4 Å². The van der Waals surface area contributed by atoms with Crippen molar-refractivity contribution in [2.75, 3.05) is 13.1 Å². The standard InChI is InChI=1S/C15H19N3O6/c1-9-8-12(4-5-13(9)18(23)24)14(20)17(10(2)15(21)22)7-6-16-11(3)19/h4-5,8,10H,6-7H2,1-3H3,(H,16,19)(H,21,22). The Morgan fingerprint density at radius 2 is 2.00 bits per heavy atom. The van der Waals surface area contributed by atoms with Gasteiger partial charge in [0.1, 0.15) is 6.04 Å². The van der Waals surface area contributed by atoms with Crippen LogP contribution in [-0.2, 0) is 9.59 Å². The summed E-state index contributed by atoms with van der Waals surface area (Å²) in [5, 5.41) is 22.5. The SMILES string of the molecule is CC(=O)NCCN(C(=O)c1ccc([N+](=O)[O-])c(C)c1)C(C)C(=O)O. The van der Waals surface area contributed by atoms with Crippen molar-refractivity contribution in [3.8, 4) is 0 Å². The van der Waals surface area contributed by atoms with Gasteiger partial charge in [-0.15, -0.1) is 0 Å². The summed E-state index contributed by atoms with van der Waals surface area (Å²) in [5.41, 5.74) is 0.326. The molecule has 9 heteroatoms. The highest BCUT2D eigenvalue weighted by atomic mass is 16.6. The Balaban J connectivity index is 3.06. The highest BCUT2D eigenvalue weighted by Crippen LogP contribution is 2.20. The maximum atomic E-state index is 12.6. The molecule has 1 aromatic carbocycles. The van der Waals surface area contributed by atoms with Gasteiger partial charge in [-0.2, -0.15) is 0 Å². The van der Waals surface area contributed by atoms with Crippen LogP contribution in [0.5, 0.6) is 0 Å². The number of hydrogen-bond acceptors (Lipinski definition) is 5. The number of nitro groups is 1. The Labute approximate surface area is 138 Å². The van der Waals surface area contributed by atoms with Gasteiger partial charge in [0.15, 0.2) is 0 Å². The molecule has 0 aromatic heterocycles. The molecular weight excluding hydrogens is 318 g/mol. The zero-order valence-electron chi connectivity index (χ0n) is 13.6. The van der Waals surface area contributed by atoms with Crippen molar-refractivity contribution in [1.82, 2.24) is 10.2 Å². The van der Waals surface area contributed by atoms with Gasteiger partial charge >= 0.3 is 5.97 Å². The van der Waals surface area contributed by atoms with Crippen molar-refractivity contribution in [3.05, 3.63) is 39.4 Å². The summed E-state index contributed by atoms with van der Waals surface area (Å²) in [6.45, 7) is 4.27. The predicted octanol–water partition coefficient (Wildman–Crippen LogP) is 0.955. The van der Waals surface area contributed by atoms with Crippen LogP contribution < -0.4 is 5.32 Å². The molecule has 2 amide bonds. The molecule has 0 fully saturated rings. The molecule has 0 saturated carbocycles. The molecule has 0 aliphatic heterocycles. The van der Waals surface area contributed by atoms with E-state index in [-0.39, 0.29) is 30.2 Å². The van der Waals surface area contributed by atoms with E-state index < -0.39 is 22.8 Å². The number of carbonyl (C=O) groups excluding carboxylic acids is 2. The molecule has 1 atom stereocenters. The Hall–Kier alpha value is -2.97. The van der Waals surface area contributed by atoms with Crippen LogP contribution >= 0.6 is 0 Å². The number of carboxylic acids is 1. The molecular formula is C15H19N3O6. The van der Waals surface area contributed by atoms with Gasteiger partial charge in [0, 0.05) is 37.2 Å². The topological polar surface area (TPSA) is 130 Å². The first kappa shape index (κ1) is 19.1. The first-order valence-electron chi connectivity index (χ1n) is 7.18. The zero-order chi connectivity index (χ0) is 18.4. The summed E-state index contributed by atoms with van der Waals surface area (Å²) in [4.78, 5) is 46.1. The molecule has 1 aromatic rings. The number of carboxylic acid groups (broad SMARTS) is 1. The molecule has 9 nitrogen and oxygen atoms in total. The van der Waals surface area contributed by atoms with Crippen molar-refractivity contribution in [3.63, 3.8) is 0 Å². The van der Waals surface area contributed by atoms with Crippen molar-refractivity contribution >= 4 is 23.5 Å². The number of rotatable bonds is 7. The first-order valence-corrected chi connectivity index (χ1v) is 7.18. The van der Waals surface area contributed by atoms with Crippen LogP contribution in [0.25, 0.3) is 0 Å². The van der Waals surface area contributed by atoms with E-state index in [0.29, 0.717) is 5.56 Å². The minimum absolute atomic E-state index is 0.00190. The average Bonchev–Trinajstić information content (AvgIpc) is 2.49. The van der Waals surface area contributed by atoms with Gasteiger partial charge in [-0.1, -0.05) is 0 Å². The van der Waals surface area contributed by atoms with E-state index in [1.165, 1.54) is 39.0 Å². The lowest BCUT2D eigenvalue weighted by molar-refractivity contribution is -0.385. The molecule has 0 radical (unpaired) electrons. The van der Waals surface area contributed by atoms with Crippen LogP contribution in [-0.4, -0.2) is 51.8 Å². The number of aryl methyl sites for hydroxylation is 1. The number of benzene rings is 1. The summed E-state index contributed by atoms with van der Waals surface area (Å²) >= 11 is 0. The second kappa shape index (κ2) is 8.04. The fourth-order valence-corrected chi connectivity index (χ4v) is 2.12. The summed E-state index contributed by atoms with van der Waals surface area (Å²) in [5.74, 6) is -2.06. The molecule has 0 bridgehead atoms. The Kier molecular flexibility index (Phi) is 6.39. The minimum Gasteiger partial charge on any atom is -0.480 e. The normalized spacial score (nSPS) is 11.5. The van der Waals surface area contributed by atoms with Crippen LogP contribution in [0.4, 0.5) is 5.69 Å². The van der Waals surface area contributed by atoms with Crippen molar-refractivity contribution in [1.29, 1.82) is 0 Å². The summed E-state index contributed by atoms with van der Waals surface area (Å²) in [7, 11) is 0. The number of hydrogen-bond donors (Lipinski definition) is 2. The Morgan fingerprint density at radius 3 is 2.46 bits per heavy atom. The molecule has 2 N–H and O–H groups in total. The van der Waals surface area contributed by atoms with Gasteiger partial charge in [0.2, 0.25) is 5.91 Å². The van der Waals surface area contributed by atoms with Gasteiger partial charge in [-0.3, -0.25) is 19.7 Å². The highest BCUT2D eigenvalue weighted by Gasteiger charge is 2.27. The first-order chi connectivity index (χ1) is 11.1. The van der Waals surface area contributed by atoms with E-state index in [9.17, 15) is 24.5 Å². The van der Waals surface area contributed by atoms with Crippen LogP contribution in [0.2, 0.25) is 0 Å². The van der Waals surface area contributed by atoms with Crippen LogP contribution in [0.3, 0.4) is 0 Å². The number of nitro benzene ring substituents is 1. The fourth-order valence-electron chi connectivity index (χ4n) is 2.12. The smallest absolute Gasteiger partial charge is 0.326 e. The molecule has 0 spiro atoms. The molecule has 24 heavy (non-hydrogen) atoms. The average molecular weight is 337 g/mol. The molecule has 130 valence electrons. The molecule has 0 aliphatic carbocycles. The largest absolute Gasteiger partial charge is 0.480 e. The summed E-state index contributed by atoms with van der Waals surface area (Å²) in [6, 6.07) is 2.73. The molecule has 1 unspecified atom stereocenters. The van der Waals surface area contributed by atoms with Gasteiger partial charge in [-0.25, -0.2) is 4.79 Å². The van der Waals surface area contributed by atoms with Crippen LogP contribution in [0.15, 0.2) is 18.2 Å². The van der Waals surface area contributed by atoms with E-state index in [2.05, 4.69) is 5.32 Å². The number of nitrogens with one attached hydrogen (secondary N) is 1. The van der Waals surface area contributed by atoms with E-state index >= 15 is 0 Å². The predicted molar refractivity (Wildman–Crippen MR) is 84.7 cm³/mol. The molecule has 1 rings (SSSR count). The van der Waals surface area contributed by atoms with Gasteiger partial charge in [0.05, 0.1) is 4.92 Å². The van der Waals surface area contributed by atoms with Gasteiger partial charge in [0.25, 0.3) is 11.6 Å². The van der Waals surface area contributed by atoms with E-state index in [0.717, 1.165) is 4.90 Å². The van der Waals surface area contributed by atoms with E-state index in [1.807, 2.05) is 0 Å². The zero-order valence-corrected chi connectivity index (χ0v) is 13.6. The lowest BCUT2D eigenvalue weighted by Crippen LogP contribution is -2.46. The second-order valence-corrected chi connectivity index (χ2v) is 5.25. The minimum atomic E-state index is -1.19. The third-order valence-corrected chi connectivity index (χ3v) is 3.45. The monoisotopic (exact) mass is 337 g/mol. The summed E-state index contributed by atoms with van der Waals surface area (Å²) in [6.07, 6.45) is 0. The van der Waals surface area contributed by atoms with Crippen molar-refractivity contribution in [2.24, 2.45) is 0 Å². The number of nitrogens with zero attached hydrogens (tertiary/aromatic N) is 2. The van der Waals surface area contributed by atoms with Gasteiger partial charge in [-0.05, 0) is 26.0 Å². The quantitative estimate of drug-likeness (QED) is 0.563. The second-order valence-electron chi connectivity index (χ2n) is 5.25. The molecule has 0 aliphatic rings. The van der Waals surface area contributed by atoms with Crippen LogP contribution in [0, 0.1) is 17.0 Å². The fraction of sp³-hybridized carbons (Fsp3) is 0.400. The van der Waals surface area contributed by atoms with E-state index in [4.69, 9.17) is 5.11 Å². The lowest BCUT2D eigenvalue weighted by Gasteiger charge is -2.26. The lowest BCUT2D eigenvalue weighted by atomic mass is 10.1. The Bertz CT molecular complexity index is 673. The number of aliphatic carboxylic acids is 1. The van der Waals surface area contributed by atoms with Crippen LogP contribution in [0.1, 0.15) is 29.8 Å². The third kappa shape index (κ3) is 4.77. The van der Waals surface area contributed by atoms with Crippen molar-refractivity contribution in [2.45, 2.75) is 26.8 Å². The maximum Gasteiger partial charge on any atom is 0.326 e. The maximum absolute atomic E-state index is 12.6. The Morgan fingerprint density at radius 1 is 1.38 bits per heavy atom. The number of carbonyl (C=O) groups is 3. The van der Waals surface area contributed by atoms with E-state index in [1.54, 1.807) is 0 Å². The number of amides is 2. The highest BCUT2D eigenvalue weighted by molar-refractivity contribution is 5.97. The third-order valence-electron chi connectivity index (χ3n) is 3.45.